The molecule has 0 radical (unpaired) electrons. The topological polar surface area (TPSA) is 169 Å². The summed E-state index contributed by atoms with van der Waals surface area (Å²) in [5, 5.41) is 58.5. The second-order valence-corrected chi connectivity index (χ2v) is 11.1. The average molecular weight is 587 g/mol. The summed E-state index contributed by atoms with van der Waals surface area (Å²) in [6, 6.07) is 25.6. The van der Waals surface area contributed by atoms with E-state index in [2.05, 4.69) is 12.1 Å². The smallest absolute Gasteiger partial charge is 0.139 e. The molecule has 8 nitrogen and oxygen atoms in total. The number of hydrogen-bond donors (Lipinski definition) is 0. The van der Waals surface area contributed by atoms with Gasteiger partial charge in [-0.05, 0) is 76.4 Å². The Balaban J connectivity index is 1.42. The fraction of sp³-hybridized carbons (Fsp3) is 0.105. The molecule has 0 N–H and O–H groups in total. The average Bonchev–Trinajstić information content (AvgIpc) is 3.60. The second-order valence-electron chi connectivity index (χ2n) is 11.1. The van der Waals surface area contributed by atoms with Crippen LogP contribution in [0, 0.1) is 73.9 Å². The van der Waals surface area contributed by atoms with Crippen molar-refractivity contribution >= 4 is 27.9 Å². The van der Waals surface area contributed by atoms with Crippen molar-refractivity contribution in [3.05, 3.63) is 123 Å². The molecule has 210 valence electrons. The van der Waals surface area contributed by atoms with E-state index in [4.69, 9.17) is 9.97 Å². The van der Waals surface area contributed by atoms with E-state index in [0.29, 0.717) is 75.4 Å². The highest BCUT2D eigenvalue weighted by atomic mass is 14.9. The molecule has 0 saturated heterocycles. The highest BCUT2D eigenvalue weighted by Gasteiger charge is 2.38. The predicted octanol–water partition coefficient (Wildman–Crippen LogP) is 7.11. The van der Waals surface area contributed by atoms with Crippen molar-refractivity contribution in [1.29, 1.82) is 31.6 Å². The van der Waals surface area contributed by atoms with Gasteiger partial charge in [-0.2, -0.15) is 31.6 Å². The van der Waals surface area contributed by atoms with Crippen LogP contribution in [0.4, 0.5) is 0 Å². The van der Waals surface area contributed by atoms with Crippen molar-refractivity contribution in [2.45, 2.75) is 19.3 Å². The molecule has 3 aromatic rings. The Morgan fingerprint density at radius 3 is 2.02 bits per heavy atom. The zero-order valence-electron chi connectivity index (χ0n) is 24.1. The van der Waals surface area contributed by atoms with Gasteiger partial charge in [0.05, 0.1) is 46.4 Å². The van der Waals surface area contributed by atoms with E-state index < -0.39 is 0 Å². The van der Waals surface area contributed by atoms with Gasteiger partial charge < -0.3 is 0 Å². The van der Waals surface area contributed by atoms with Crippen LogP contribution in [0.2, 0.25) is 0 Å². The molecule has 0 amide bonds. The molecule has 0 saturated carbocycles. The predicted molar refractivity (Wildman–Crippen MR) is 169 cm³/mol. The van der Waals surface area contributed by atoms with Crippen LogP contribution < -0.4 is 0 Å². The maximum atomic E-state index is 10.00. The van der Waals surface area contributed by atoms with Gasteiger partial charge in [0.25, 0.3) is 0 Å². The van der Waals surface area contributed by atoms with Crippen molar-refractivity contribution in [3.8, 4) is 47.7 Å². The van der Waals surface area contributed by atoms with Crippen LogP contribution in [0.15, 0.2) is 83.5 Å². The summed E-state index contributed by atoms with van der Waals surface area (Å²) in [6.07, 6.45) is 9.56. The third-order valence-electron chi connectivity index (χ3n) is 8.69. The zero-order valence-corrected chi connectivity index (χ0v) is 24.1. The first-order chi connectivity index (χ1) is 22.5. The van der Waals surface area contributed by atoms with Gasteiger partial charge >= 0.3 is 0 Å². The highest BCUT2D eigenvalue weighted by Crippen LogP contribution is 2.52. The Morgan fingerprint density at radius 1 is 0.696 bits per heavy atom. The molecule has 1 unspecified atom stereocenters. The van der Waals surface area contributed by atoms with Gasteiger partial charge in [0.15, 0.2) is 0 Å². The van der Waals surface area contributed by atoms with Gasteiger partial charge in [-0.15, -0.1) is 0 Å². The van der Waals surface area contributed by atoms with Crippen molar-refractivity contribution in [1.82, 2.24) is 9.97 Å². The van der Waals surface area contributed by atoms with Crippen LogP contribution in [-0.2, 0) is 0 Å². The van der Waals surface area contributed by atoms with Crippen LogP contribution in [0.25, 0.3) is 39.1 Å². The summed E-state index contributed by atoms with van der Waals surface area (Å²) >= 11 is 0. The largest absolute Gasteiger partial charge is 0.243 e. The van der Waals surface area contributed by atoms with Crippen molar-refractivity contribution in [2.75, 3.05) is 0 Å². The first-order valence-corrected chi connectivity index (χ1v) is 14.4. The Kier molecular flexibility index (Phi) is 6.55. The van der Waals surface area contributed by atoms with Crippen LogP contribution in [0.3, 0.4) is 0 Å². The van der Waals surface area contributed by atoms with Gasteiger partial charge in [0.1, 0.15) is 35.4 Å². The third-order valence-corrected chi connectivity index (χ3v) is 8.69. The van der Waals surface area contributed by atoms with Crippen molar-refractivity contribution in [2.24, 2.45) is 5.92 Å². The van der Waals surface area contributed by atoms with Crippen LogP contribution in [0.1, 0.15) is 58.6 Å². The Bertz CT molecular complexity index is 2350. The molecule has 4 aliphatic rings. The molecular formula is C38H18N8. The van der Waals surface area contributed by atoms with Gasteiger partial charge in [0.2, 0.25) is 0 Å². The molecule has 8 heteroatoms. The summed E-state index contributed by atoms with van der Waals surface area (Å²) in [5.41, 5.74) is 9.66. The lowest BCUT2D eigenvalue weighted by Gasteiger charge is -2.16. The zero-order chi connectivity index (χ0) is 31.9. The molecule has 0 aliphatic heterocycles. The monoisotopic (exact) mass is 586 g/mol. The molecule has 7 rings (SSSR count). The van der Waals surface area contributed by atoms with E-state index in [0.717, 1.165) is 27.8 Å². The number of benzene rings is 2. The maximum absolute atomic E-state index is 10.00. The number of hydrogen-bond acceptors (Lipinski definition) is 8. The van der Waals surface area contributed by atoms with Crippen LogP contribution in [-0.4, -0.2) is 9.97 Å². The first kappa shape index (κ1) is 27.7. The summed E-state index contributed by atoms with van der Waals surface area (Å²) in [6.45, 7) is 0. The summed E-state index contributed by atoms with van der Waals surface area (Å²) in [4.78, 5) is 10.1. The molecule has 0 fully saturated rings. The molecule has 4 aliphatic carbocycles. The number of nitriles is 6. The van der Waals surface area contributed by atoms with E-state index in [9.17, 15) is 31.6 Å². The van der Waals surface area contributed by atoms with E-state index in [1.54, 1.807) is 12.1 Å². The normalized spacial score (nSPS) is 16.5. The molecule has 0 bridgehead atoms. The summed E-state index contributed by atoms with van der Waals surface area (Å²) in [7, 11) is 0. The van der Waals surface area contributed by atoms with Gasteiger partial charge in [-0.3, -0.25) is 0 Å². The molecule has 1 heterocycles. The van der Waals surface area contributed by atoms with E-state index in [-0.39, 0.29) is 17.1 Å². The van der Waals surface area contributed by atoms with Gasteiger partial charge in [0, 0.05) is 16.7 Å². The Labute approximate surface area is 264 Å². The maximum Gasteiger partial charge on any atom is 0.139 e. The lowest BCUT2D eigenvalue weighted by Crippen LogP contribution is -2.01. The SMILES string of the molecule is N#CC(C#N)=C1C2=C(CCC(c3ccc(C#N)cc3)=C2)c2nc3c(nc21)-c1ccc(C2=CCC(C#N)C=C2)cc1C3=C(C#N)C#N. The Morgan fingerprint density at radius 2 is 1.37 bits per heavy atom. The number of allylic oxidation sites excluding steroid dienone is 11. The highest BCUT2D eigenvalue weighted by molar-refractivity contribution is 6.08. The first-order valence-electron chi connectivity index (χ1n) is 14.4. The van der Waals surface area contributed by atoms with Crippen molar-refractivity contribution in [3.63, 3.8) is 0 Å². The van der Waals surface area contributed by atoms with Gasteiger partial charge in [-0.25, -0.2) is 9.97 Å². The van der Waals surface area contributed by atoms with E-state index in [1.165, 1.54) is 0 Å². The molecular weight excluding hydrogens is 568 g/mol. The molecule has 1 atom stereocenters. The third kappa shape index (κ3) is 4.16. The molecule has 46 heavy (non-hydrogen) atoms. The number of rotatable bonds is 2. The Hall–Kier alpha value is -7.10. The standard InChI is InChI=1S/C38H18N8/c39-15-21-1-5-23(6-2-21)25-9-11-29-31(13-25)33(27(17-41)18-42)37-35(29)45-38-34(28(19-43)20-44)32-14-26(10-12-30(32)36(38)46-37)24-7-3-22(16-40)4-8-24/h1-3,5-8,10,12-14,22H,4,9,11H2. The molecule has 0 spiro atoms. The van der Waals surface area contributed by atoms with Gasteiger partial charge in [-0.1, -0.05) is 48.6 Å². The van der Waals surface area contributed by atoms with Crippen LogP contribution in [0.5, 0.6) is 0 Å². The molecule has 2 aromatic carbocycles. The minimum Gasteiger partial charge on any atom is -0.243 e. The van der Waals surface area contributed by atoms with Crippen molar-refractivity contribution < 1.29 is 0 Å². The fourth-order valence-corrected chi connectivity index (χ4v) is 6.47. The summed E-state index contributed by atoms with van der Waals surface area (Å²) in [5.74, 6) is -0.180. The molecule has 1 aromatic heterocycles. The lowest BCUT2D eigenvalue weighted by molar-refractivity contribution is 0.840. The minimum absolute atomic E-state index is 0.0800. The van der Waals surface area contributed by atoms with E-state index >= 15 is 0 Å². The minimum atomic E-state index is -0.180. The van der Waals surface area contributed by atoms with Crippen LogP contribution >= 0.6 is 0 Å². The number of nitrogens with zero attached hydrogens (tertiary/aromatic N) is 8. The second kappa shape index (κ2) is 10.9. The quantitative estimate of drug-likeness (QED) is 0.224. The lowest BCUT2D eigenvalue weighted by atomic mass is 9.87. The fourth-order valence-electron chi connectivity index (χ4n) is 6.47. The summed E-state index contributed by atoms with van der Waals surface area (Å²) < 4.78 is 0. The number of fused-ring (bicyclic) bond motifs is 5. The van der Waals surface area contributed by atoms with E-state index in [1.807, 2.05) is 78.9 Å². The number of aromatic nitrogens is 2.